The Labute approximate surface area is 126 Å². The Morgan fingerprint density at radius 1 is 1.25 bits per heavy atom. The summed E-state index contributed by atoms with van der Waals surface area (Å²) in [7, 11) is 0. The molecule has 4 heteroatoms. The third-order valence-electron chi connectivity index (χ3n) is 4.52. The molecule has 0 amide bonds. The van der Waals surface area contributed by atoms with Gasteiger partial charge in [0, 0.05) is 18.5 Å². The van der Waals surface area contributed by atoms with Crippen LogP contribution in [0.1, 0.15) is 37.3 Å². The Morgan fingerprint density at radius 3 is 2.60 bits per heavy atom. The van der Waals surface area contributed by atoms with E-state index in [0.717, 1.165) is 18.8 Å². The predicted molar refractivity (Wildman–Crippen MR) is 83.3 cm³/mol. The van der Waals surface area contributed by atoms with Crippen LogP contribution in [0.2, 0.25) is 0 Å². The molecule has 1 aliphatic heterocycles. The largest absolute Gasteiger partial charge is 0.320 e. The SMILES string of the molecule is N[C@H]1CN(S)[C@H](c2ccccc2)C[C@H](CC2CC2)C1=O. The molecule has 2 aliphatic rings. The monoisotopic (exact) mass is 290 g/mol. The van der Waals surface area contributed by atoms with Crippen LogP contribution in [0.5, 0.6) is 0 Å². The lowest BCUT2D eigenvalue weighted by atomic mass is 9.87. The van der Waals surface area contributed by atoms with Crippen molar-refractivity contribution >= 4 is 18.6 Å². The summed E-state index contributed by atoms with van der Waals surface area (Å²) in [4.78, 5) is 12.4. The van der Waals surface area contributed by atoms with Gasteiger partial charge < -0.3 is 5.73 Å². The number of ketones is 1. The third kappa shape index (κ3) is 3.08. The number of carbonyl (C=O) groups excluding carboxylic acids is 1. The summed E-state index contributed by atoms with van der Waals surface area (Å²) in [5, 5.41) is 0. The number of benzene rings is 1. The van der Waals surface area contributed by atoms with E-state index in [1.165, 1.54) is 18.4 Å². The Morgan fingerprint density at radius 2 is 1.95 bits per heavy atom. The molecule has 3 atom stereocenters. The number of hydrogen-bond acceptors (Lipinski definition) is 4. The molecule has 1 aromatic carbocycles. The fourth-order valence-electron chi connectivity index (χ4n) is 3.18. The van der Waals surface area contributed by atoms with E-state index >= 15 is 0 Å². The molecule has 0 radical (unpaired) electrons. The van der Waals surface area contributed by atoms with Crippen LogP contribution in [0.15, 0.2) is 30.3 Å². The Kier molecular flexibility index (Phi) is 4.15. The van der Waals surface area contributed by atoms with Gasteiger partial charge in [-0.15, -0.1) is 0 Å². The summed E-state index contributed by atoms with van der Waals surface area (Å²) in [5.74, 6) is 1.08. The van der Waals surface area contributed by atoms with Gasteiger partial charge in [-0.25, -0.2) is 4.31 Å². The first kappa shape index (κ1) is 14.1. The summed E-state index contributed by atoms with van der Waals surface area (Å²) < 4.78 is 1.95. The lowest BCUT2D eigenvalue weighted by Crippen LogP contribution is -2.39. The minimum Gasteiger partial charge on any atom is -0.320 e. The zero-order valence-corrected chi connectivity index (χ0v) is 12.5. The maximum atomic E-state index is 12.4. The van der Waals surface area contributed by atoms with Gasteiger partial charge in [0.15, 0.2) is 5.78 Å². The smallest absolute Gasteiger partial charge is 0.154 e. The molecule has 0 aromatic heterocycles. The molecule has 3 rings (SSSR count). The molecule has 20 heavy (non-hydrogen) atoms. The van der Waals surface area contributed by atoms with Gasteiger partial charge in [0.2, 0.25) is 0 Å². The zero-order chi connectivity index (χ0) is 14.1. The molecule has 3 nitrogen and oxygen atoms in total. The minimum absolute atomic E-state index is 0.0971. The van der Waals surface area contributed by atoms with E-state index in [1.807, 2.05) is 22.5 Å². The number of rotatable bonds is 3. The molecule has 0 unspecified atom stereocenters. The molecule has 108 valence electrons. The van der Waals surface area contributed by atoms with Gasteiger partial charge in [-0.2, -0.15) is 0 Å². The number of nitrogens with two attached hydrogens (primary N) is 1. The second-order valence-electron chi connectivity index (χ2n) is 6.17. The van der Waals surface area contributed by atoms with E-state index in [9.17, 15) is 4.79 Å². The van der Waals surface area contributed by atoms with Crippen molar-refractivity contribution in [2.24, 2.45) is 17.6 Å². The molecule has 1 aromatic rings. The van der Waals surface area contributed by atoms with Crippen LogP contribution in [0.3, 0.4) is 0 Å². The van der Waals surface area contributed by atoms with Gasteiger partial charge in [-0.3, -0.25) is 4.79 Å². The highest BCUT2D eigenvalue weighted by Gasteiger charge is 2.38. The van der Waals surface area contributed by atoms with Gasteiger partial charge in [0.25, 0.3) is 0 Å². The fraction of sp³-hybridized carbons (Fsp3) is 0.562. The quantitative estimate of drug-likeness (QED) is 0.841. The van der Waals surface area contributed by atoms with Crippen molar-refractivity contribution in [3.8, 4) is 0 Å². The number of hydrogen-bond donors (Lipinski definition) is 2. The van der Waals surface area contributed by atoms with Crippen molar-refractivity contribution in [3.63, 3.8) is 0 Å². The van der Waals surface area contributed by atoms with Crippen LogP contribution in [-0.2, 0) is 4.79 Å². The molecule has 0 bridgehead atoms. The van der Waals surface area contributed by atoms with Crippen molar-refractivity contribution in [3.05, 3.63) is 35.9 Å². The average molecular weight is 290 g/mol. The van der Waals surface area contributed by atoms with Gasteiger partial charge in [-0.05, 0) is 24.3 Å². The Bertz CT molecular complexity index is 475. The summed E-state index contributed by atoms with van der Waals surface area (Å²) in [6.45, 7) is 0.530. The number of nitrogens with zero attached hydrogens (tertiary/aromatic N) is 1. The second kappa shape index (κ2) is 5.88. The normalized spacial score (nSPS) is 32.1. The molecule has 2 N–H and O–H groups in total. The van der Waals surface area contributed by atoms with Crippen LogP contribution < -0.4 is 5.73 Å². The van der Waals surface area contributed by atoms with Crippen LogP contribution in [0.25, 0.3) is 0 Å². The first-order valence-corrected chi connectivity index (χ1v) is 7.85. The number of carbonyl (C=O) groups is 1. The molecule has 1 heterocycles. The van der Waals surface area contributed by atoms with Gasteiger partial charge in [-0.1, -0.05) is 56.0 Å². The van der Waals surface area contributed by atoms with Gasteiger partial charge >= 0.3 is 0 Å². The van der Waals surface area contributed by atoms with E-state index in [0.29, 0.717) is 6.54 Å². The van der Waals surface area contributed by atoms with Crippen LogP contribution in [0, 0.1) is 11.8 Å². The summed E-state index contributed by atoms with van der Waals surface area (Å²) in [6, 6.07) is 10.1. The summed E-state index contributed by atoms with van der Waals surface area (Å²) in [5.41, 5.74) is 7.28. The minimum atomic E-state index is -0.398. The number of Topliss-reactive ketones (excluding diaryl/α,β-unsaturated/α-hetero) is 1. The lowest BCUT2D eigenvalue weighted by molar-refractivity contribution is -0.124. The highest BCUT2D eigenvalue weighted by Crippen LogP contribution is 2.41. The van der Waals surface area contributed by atoms with Crippen LogP contribution in [-0.4, -0.2) is 22.7 Å². The maximum absolute atomic E-state index is 12.4. The Hall–Kier alpha value is -0.840. The summed E-state index contributed by atoms with van der Waals surface area (Å²) in [6.07, 6.45) is 4.41. The van der Waals surface area contributed by atoms with Crippen molar-refractivity contribution in [2.75, 3.05) is 6.54 Å². The number of thiol groups is 1. The van der Waals surface area contributed by atoms with Gasteiger partial charge in [0.05, 0.1) is 6.04 Å². The molecule has 1 saturated carbocycles. The van der Waals surface area contributed by atoms with Crippen molar-refractivity contribution < 1.29 is 4.79 Å². The van der Waals surface area contributed by atoms with Gasteiger partial charge in [0.1, 0.15) is 0 Å². The highest BCUT2D eigenvalue weighted by molar-refractivity contribution is 7.77. The maximum Gasteiger partial charge on any atom is 0.154 e. The van der Waals surface area contributed by atoms with Crippen molar-refractivity contribution in [1.82, 2.24) is 4.31 Å². The lowest BCUT2D eigenvalue weighted by Gasteiger charge is -2.26. The topological polar surface area (TPSA) is 46.3 Å². The fourth-order valence-corrected chi connectivity index (χ4v) is 3.58. The van der Waals surface area contributed by atoms with E-state index < -0.39 is 6.04 Å². The van der Waals surface area contributed by atoms with E-state index in [-0.39, 0.29) is 17.7 Å². The van der Waals surface area contributed by atoms with Crippen LogP contribution >= 0.6 is 12.8 Å². The second-order valence-corrected chi connectivity index (χ2v) is 6.68. The first-order valence-electron chi connectivity index (χ1n) is 7.45. The molecule has 1 saturated heterocycles. The van der Waals surface area contributed by atoms with E-state index in [2.05, 4.69) is 24.9 Å². The average Bonchev–Trinajstić information content (AvgIpc) is 3.27. The third-order valence-corrected chi connectivity index (χ3v) is 4.96. The van der Waals surface area contributed by atoms with Crippen molar-refractivity contribution in [2.45, 2.75) is 37.8 Å². The zero-order valence-electron chi connectivity index (χ0n) is 11.6. The molecule has 1 aliphatic carbocycles. The highest BCUT2D eigenvalue weighted by atomic mass is 32.1. The molecular formula is C16H22N2OS. The molecule has 0 spiro atoms. The first-order chi connectivity index (χ1) is 9.65. The van der Waals surface area contributed by atoms with E-state index in [4.69, 9.17) is 5.73 Å². The van der Waals surface area contributed by atoms with Crippen LogP contribution in [0.4, 0.5) is 0 Å². The van der Waals surface area contributed by atoms with Crippen molar-refractivity contribution in [1.29, 1.82) is 0 Å². The predicted octanol–water partition coefficient (Wildman–Crippen LogP) is 2.59. The standard InChI is InChI=1S/C16H22N2OS/c17-14-10-18(20)15(12-4-2-1-3-5-12)9-13(16(14)19)8-11-6-7-11/h1-5,11,13-15,20H,6-10,17H2/t13-,14-,15-/m0/s1. The van der Waals surface area contributed by atoms with E-state index in [1.54, 1.807) is 0 Å². The molecular weight excluding hydrogens is 268 g/mol. The summed E-state index contributed by atoms with van der Waals surface area (Å²) >= 11 is 4.58. The Balaban J connectivity index is 1.83. The molecule has 2 fully saturated rings.